The van der Waals surface area contributed by atoms with E-state index in [1.807, 2.05) is 49.5 Å². The summed E-state index contributed by atoms with van der Waals surface area (Å²) < 4.78 is 6.87. The van der Waals surface area contributed by atoms with E-state index in [1.54, 1.807) is 0 Å². The molecule has 1 aromatic heterocycles. The maximum absolute atomic E-state index is 5.80. The summed E-state index contributed by atoms with van der Waals surface area (Å²) in [6.07, 6.45) is 0. The first-order chi connectivity index (χ1) is 9.74. The van der Waals surface area contributed by atoms with Gasteiger partial charge in [0, 0.05) is 17.6 Å². The van der Waals surface area contributed by atoms with Crippen molar-refractivity contribution in [3.05, 3.63) is 59.1 Å². The van der Waals surface area contributed by atoms with Crippen molar-refractivity contribution in [2.45, 2.75) is 0 Å². The van der Waals surface area contributed by atoms with E-state index in [0.29, 0.717) is 5.88 Å². The van der Waals surface area contributed by atoms with E-state index in [4.69, 9.17) is 4.74 Å². The molecular weight excluding hydrogens is 316 g/mol. The van der Waals surface area contributed by atoms with Crippen molar-refractivity contribution in [2.75, 3.05) is 12.4 Å². The van der Waals surface area contributed by atoms with Gasteiger partial charge < -0.3 is 10.1 Å². The van der Waals surface area contributed by atoms with E-state index in [0.717, 1.165) is 21.4 Å². The van der Waals surface area contributed by atoms with E-state index >= 15 is 0 Å². The fraction of sp³-hybridized carbons (Fsp3) is 0.0625. The summed E-state index contributed by atoms with van der Waals surface area (Å²) in [5, 5.41) is 5.30. The molecule has 0 unspecified atom stereocenters. The number of anilines is 1. The van der Waals surface area contributed by atoms with Gasteiger partial charge in [0.05, 0.1) is 0 Å². The Labute approximate surface area is 125 Å². The van der Waals surface area contributed by atoms with Gasteiger partial charge in [-0.15, -0.1) is 0 Å². The summed E-state index contributed by atoms with van der Waals surface area (Å²) in [5.74, 6) is 2.14. The molecule has 0 bridgehead atoms. The average Bonchev–Trinajstić information content (AvgIpc) is 2.47. The second kappa shape index (κ2) is 5.51. The van der Waals surface area contributed by atoms with Gasteiger partial charge in [0.25, 0.3) is 0 Å². The number of ether oxygens (including phenoxy) is 1. The van der Waals surface area contributed by atoms with Crippen molar-refractivity contribution >= 4 is 32.5 Å². The lowest BCUT2D eigenvalue weighted by Gasteiger charge is -2.07. The Hall–Kier alpha value is -2.07. The first-order valence-corrected chi connectivity index (χ1v) is 7.06. The van der Waals surface area contributed by atoms with Crippen molar-refractivity contribution in [1.29, 1.82) is 0 Å². The lowest BCUT2D eigenvalue weighted by atomic mass is 10.1. The molecule has 3 rings (SSSR count). The van der Waals surface area contributed by atoms with Crippen molar-refractivity contribution in [3.8, 4) is 11.6 Å². The SMILES string of the molecule is CNc1cccc(Oc2ccc3cc(Br)ccc3c2)n1. The van der Waals surface area contributed by atoms with Crippen LogP contribution in [-0.4, -0.2) is 12.0 Å². The Morgan fingerprint density at radius 2 is 1.80 bits per heavy atom. The summed E-state index contributed by atoms with van der Waals surface area (Å²) >= 11 is 3.47. The van der Waals surface area contributed by atoms with Crippen LogP contribution in [0.25, 0.3) is 10.8 Å². The maximum Gasteiger partial charge on any atom is 0.221 e. The highest BCUT2D eigenvalue weighted by atomic mass is 79.9. The zero-order valence-corrected chi connectivity index (χ0v) is 12.5. The third-order valence-electron chi connectivity index (χ3n) is 2.98. The van der Waals surface area contributed by atoms with Gasteiger partial charge in [-0.1, -0.05) is 34.1 Å². The Kier molecular flexibility index (Phi) is 3.56. The Bertz CT molecular complexity index is 758. The number of rotatable bonds is 3. The van der Waals surface area contributed by atoms with Crippen LogP contribution in [0.2, 0.25) is 0 Å². The van der Waals surface area contributed by atoms with E-state index in [9.17, 15) is 0 Å². The van der Waals surface area contributed by atoms with Gasteiger partial charge in [-0.2, -0.15) is 4.98 Å². The smallest absolute Gasteiger partial charge is 0.221 e. The van der Waals surface area contributed by atoms with Crippen LogP contribution in [0.3, 0.4) is 0 Å². The van der Waals surface area contributed by atoms with Crippen LogP contribution in [0.5, 0.6) is 11.6 Å². The zero-order chi connectivity index (χ0) is 13.9. The number of aromatic nitrogens is 1. The Morgan fingerprint density at radius 3 is 2.65 bits per heavy atom. The van der Waals surface area contributed by atoms with Gasteiger partial charge in [0.15, 0.2) is 0 Å². The van der Waals surface area contributed by atoms with Gasteiger partial charge in [0.2, 0.25) is 5.88 Å². The van der Waals surface area contributed by atoms with Gasteiger partial charge in [-0.3, -0.25) is 0 Å². The second-order valence-electron chi connectivity index (χ2n) is 4.37. The summed E-state index contributed by atoms with van der Waals surface area (Å²) in [6.45, 7) is 0. The number of halogens is 1. The molecule has 0 saturated heterocycles. The first-order valence-electron chi connectivity index (χ1n) is 6.26. The molecule has 3 nitrogen and oxygen atoms in total. The molecule has 0 radical (unpaired) electrons. The van der Waals surface area contributed by atoms with Crippen molar-refractivity contribution in [2.24, 2.45) is 0 Å². The first kappa shape index (κ1) is 12.9. The Balaban J connectivity index is 1.92. The van der Waals surface area contributed by atoms with Gasteiger partial charge in [-0.05, 0) is 41.1 Å². The largest absolute Gasteiger partial charge is 0.439 e. The monoisotopic (exact) mass is 328 g/mol. The number of hydrogen-bond donors (Lipinski definition) is 1. The molecule has 3 aromatic rings. The highest BCUT2D eigenvalue weighted by Crippen LogP contribution is 2.27. The van der Waals surface area contributed by atoms with Crippen LogP contribution in [-0.2, 0) is 0 Å². The predicted octanol–water partition coefficient (Wildman–Crippen LogP) is 4.83. The average molecular weight is 329 g/mol. The van der Waals surface area contributed by atoms with E-state index in [2.05, 4.69) is 38.4 Å². The predicted molar refractivity (Wildman–Crippen MR) is 85.5 cm³/mol. The standard InChI is InChI=1S/C16H13BrN2O/c1-18-15-3-2-4-16(19-15)20-14-8-6-11-9-13(17)7-5-12(11)10-14/h2-10H,1H3,(H,18,19). The van der Waals surface area contributed by atoms with Crippen LogP contribution in [0.15, 0.2) is 59.1 Å². The van der Waals surface area contributed by atoms with Crippen molar-refractivity contribution in [3.63, 3.8) is 0 Å². The molecule has 1 N–H and O–H groups in total. The van der Waals surface area contributed by atoms with Gasteiger partial charge >= 0.3 is 0 Å². The number of fused-ring (bicyclic) bond motifs is 1. The van der Waals surface area contributed by atoms with Crippen LogP contribution >= 0.6 is 15.9 Å². The molecule has 2 aromatic carbocycles. The van der Waals surface area contributed by atoms with Crippen LogP contribution in [0.4, 0.5) is 5.82 Å². The molecule has 100 valence electrons. The minimum absolute atomic E-state index is 0.577. The highest BCUT2D eigenvalue weighted by Gasteiger charge is 2.02. The fourth-order valence-corrected chi connectivity index (χ4v) is 2.37. The van der Waals surface area contributed by atoms with Crippen molar-refractivity contribution in [1.82, 2.24) is 4.98 Å². The third-order valence-corrected chi connectivity index (χ3v) is 3.47. The van der Waals surface area contributed by atoms with Gasteiger partial charge in [0.1, 0.15) is 11.6 Å². The maximum atomic E-state index is 5.80. The number of nitrogens with one attached hydrogen (secondary N) is 1. The minimum atomic E-state index is 0.577. The van der Waals surface area contributed by atoms with Gasteiger partial charge in [-0.25, -0.2) is 0 Å². The fourth-order valence-electron chi connectivity index (χ4n) is 1.99. The topological polar surface area (TPSA) is 34.1 Å². The molecule has 4 heteroatoms. The molecule has 0 aliphatic rings. The third kappa shape index (κ3) is 2.75. The summed E-state index contributed by atoms with van der Waals surface area (Å²) in [5.41, 5.74) is 0. The lowest BCUT2D eigenvalue weighted by Crippen LogP contribution is -1.94. The molecule has 0 saturated carbocycles. The zero-order valence-electron chi connectivity index (χ0n) is 10.9. The molecule has 0 aliphatic heterocycles. The molecule has 20 heavy (non-hydrogen) atoms. The lowest BCUT2D eigenvalue weighted by molar-refractivity contribution is 0.464. The molecule has 0 amide bonds. The number of hydrogen-bond acceptors (Lipinski definition) is 3. The Morgan fingerprint density at radius 1 is 1.00 bits per heavy atom. The van der Waals surface area contributed by atoms with Crippen LogP contribution < -0.4 is 10.1 Å². The normalized spacial score (nSPS) is 10.5. The molecule has 0 aliphatic carbocycles. The summed E-state index contributed by atoms with van der Waals surface area (Å²) in [4.78, 5) is 4.34. The number of benzene rings is 2. The number of nitrogens with zero attached hydrogens (tertiary/aromatic N) is 1. The molecule has 0 fully saturated rings. The van der Waals surface area contributed by atoms with Crippen molar-refractivity contribution < 1.29 is 4.74 Å². The quantitative estimate of drug-likeness (QED) is 0.747. The van der Waals surface area contributed by atoms with E-state index < -0.39 is 0 Å². The molecule has 1 heterocycles. The minimum Gasteiger partial charge on any atom is -0.439 e. The van der Waals surface area contributed by atoms with Crippen LogP contribution in [0, 0.1) is 0 Å². The molecule has 0 spiro atoms. The number of pyridine rings is 1. The van der Waals surface area contributed by atoms with Crippen LogP contribution in [0.1, 0.15) is 0 Å². The molecular formula is C16H13BrN2O. The highest BCUT2D eigenvalue weighted by molar-refractivity contribution is 9.10. The molecule has 0 atom stereocenters. The summed E-state index contributed by atoms with van der Waals surface area (Å²) in [7, 11) is 1.83. The van der Waals surface area contributed by atoms with E-state index in [-0.39, 0.29) is 0 Å². The summed E-state index contributed by atoms with van der Waals surface area (Å²) in [6, 6.07) is 17.8. The second-order valence-corrected chi connectivity index (χ2v) is 5.28. The van der Waals surface area contributed by atoms with E-state index in [1.165, 1.54) is 5.39 Å².